The topological polar surface area (TPSA) is 119 Å². The average Bonchev–Trinajstić information content (AvgIpc) is 3.26. The minimum Gasteiger partial charge on any atom is -0.464 e. The predicted molar refractivity (Wildman–Crippen MR) is 104 cm³/mol. The second-order valence-corrected chi connectivity index (χ2v) is 7.95. The molecule has 4 rings (SSSR count). The van der Waals surface area contributed by atoms with E-state index in [1.807, 2.05) is 0 Å². The number of esters is 1. The lowest BCUT2D eigenvalue weighted by molar-refractivity contribution is -0.157. The number of aliphatic hydroxyl groups excluding tert-OH is 1. The fourth-order valence-corrected chi connectivity index (χ4v) is 5.24. The number of thioether (sulfide) groups is 1. The molecule has 146 valence electrons. The van der Waals surface area contributed by atoms with E-state index in [9.17, 15) is 9.90 Å². The van der Waals surface area contributed by atoms with Gasteiger partial charge in [-0.25, -0.2) is 9.78 Å². The van der Waals surface area contributed by atoms with Crippen LogP contribution in [0.3, 0.4) is 0 Å². The fourth-order valence-electron chi connectivity index (χ4n) is 3.86. The molecule has 2 aliphatic rings. The van der Waals surface area contributed by atoms with Gasteiger partial charge in [0, 0.05) is 24.6 Å². The Morgan fingerprint density at radius 1 is 1.41 bits per heavy atom. The molecule has 2 saturated heterocycles. The van der Waals surface area contributed by atoms with Gasteiger partial charge in [0.1, 0.15) is 0 Å². The maximum Gasteiger partial charge on any atom is 0.336 e. The highest BCUT2D eigenvalue weighted by molar-refractivity contribution is 7.99. The summed E-state index contributed by atoms with van der Waals surface area (Å²) < 4.78 is 6.94. The first kappa shape index (κ1) is 18.3. The minimum absolute atomic E-state index is 0.129. The van der Waals surface area contributed by atoms with Crippen molar-refractivity contribution in [1.29, 1.82) is 0 Å². The maximum absolute atomic E-state index is 12.9. The van der Waals surface area contributed by atoms with Crippen LogP contribution in [0.4, 0.5) is 11.8 Å². The monoisotopic (exact) mass is 392 g/mol. The molecule has 27 heavy (non-hydrogen) atoms. The van der Waals surface area contributed by atoms with Gasteiger partial charge in [-0.3, -0.25) is 4.57 Å². The number of nitrogens with two attached hydrogens (primary N) is 1. The molecule has 2 aromatic heterocycles. The van der Waals surface area contributed by atoms with Crippen LogP contribution < -0.4 is 10.6 Å². The highest BCUT2D eigenvalue weighted by atomic mass is 32.2. The van der Waals surface area contributed by atoms with Crippen molar-refractivity contribution in [3.05, 3.63) is 6.33 Å². The molecule has 0 radical (unpaired) electrons. The van der Waals surface area contributed by atoms with Crippen molar-refractivity contribution in [1.82, 2.24) is 19.5 Å². The molecule has 2 unspecified atom stereocenters. The summed E-state index contributed by atoms with van der Waals surface area (Å²) in [6.45, 7) is 3.77. The smallest absolute Gasteiger partial charge is 0.336 e. The Labute approximate surface area is 161 Å². The summed E-state index contributed by atoms with van der Waals surface area (Å²) in [5.41, 5.74) is 5.79. The van der Waals surface area contributed by atoms with Crippen LogP contribution in [0.5, 0.6) is 0 Å². The van der Waals surface area contributed by atoms with Gasteiger partial charge < -0.3 is 20.5 Å². The summed E-state index contributed by atoms with van der Waals surface area (Å²) in [6, 6.07) is 0. The largest absolute Gasteiger partial charge is 0.464 e. The van der Waals surface area contributed by atoms with E-state index in [1.165, 1.54) is 18.2 Å². The molecular weight excluding hydrogens is 368 g/mol. The lowest BCUT2D eigenvalue weighted by Gasteiger charge is -2.31. The van der Waals surface area contributed by atoms with E-state index >= 15 is 0 Å². The van der Waals surface area contributed by atoms with E-state index in [4.69, 9.17) is 10.5 Å². The standard InChI is InChI=1S/C17H24N6O3S/c1-2-26-15(25)17(9-27-8-11(17)24)23-10-19-12-13(20-16(18)21-14(12)23)22-6-4-3-5-7-22/h10-11,24H,2-9H2,1H3,(H2,18,20,21). The number of nitrogen functional groups attached to an aromatic ring is 1. The highest BCUT2D eigenvalue weighted by Crippen LogP contribution is 2.39. The molecule has 0 aromatic carbocycles. The number of aromatic nitrogens is 4. The lowest BCUT2D eigenvalue weighted by Crippen LogP contribution is -2.51. The Kier molecular flexibility index (Phi) is 4.85. The van der Waals surface area contributed by atoms with Crippen molar-refractivity contribution in [2.75, 3.05) is 41.8 Å². The zero-order valence-corrected chi connectivity index (χ0v) is 16.1. The summed E-state index contributed by atoms with van der Waals surface area (Å²) in [5, 5.41) is 10.7. The Bertz CT molecular complexity index is 853. The second kappa shape index (κ2) is 7.16. The van der Waals surface area contributed by atoms with Crippen LogP contribution in [0.15, 0.2) is 6.33 Å². The lowest BCUT2D eigenvalue weighted by atomic mass is 9.95. The van der Waals surface area contributed by atoms with Gasteiger partial charge in [-0.2, -0.15) is 21.7 Å². The first-order valence-electron chi connectivity index (χ1n) is 9.27. The summed E-state index contributed by atoms with van der Waals surface area (Å²) in [7, 11) is 0. The Morgan fingerprint density at radius 3 is 2.85 bits per heavy atom. The van der Waals surface area contributed by atoms with Gasteiger partial charge in [0.25, 0.3) is 0 Å². The summed E-state index contributed by atoms with van der Waals surface area (Å²) in [5.74, 6) is 1.18. The number of hydrogen-bond donors (Lipinski definition) is 2. The molecule has 9 nitrogen and oxygen atoms in total. The molecule has 0 spiro atoms. The first-order valence-corrected chi connectivity index (χ1v) is 10.4. The van der Waals surface area contributed by atoms with Gasteiger partial charge in [-0.05, 0) is 26.2 Å². The number of nitrogens with zero attached hydrogens (tertiary/aromatic N) is 5. The van der Waals surface area contributed by atoms with E-state index < -0.39 is 17.6 Å². The Morgan fingerprint density at radius 2 is 2.19 bits per heavy atom. The summed E-state index contributed by atoms with van der Waals surface area (Å²) >= 11 is 1.50. The number of carbonyl (C=O) groups is 1. The molecule has 2 atom stereocenters. The number of rotatable bonds is 4. The van der Waals surface area contributed by atoms with Gasteiger partial charge in [0.05, 0.1) is 19.0 Å². The van der Waals surface area contributed by atoms with Crippen molar-refractivity contribution < 1.29 is 14.6 Å². The molecule has 0 aliphatic carbocycles. The Balaban J connectivity index is 1.87. The van der Waals surface area contributed by atoms with Crippen LogP contribution in [-0.2, 0) is 15.1 Å². The van der Waals surface area contributed by atoms with E-state index in [-0.39, 0.29) is 12.6 Å². The zero-order chi connectivity index (χ0) is 19.0. The van der Waals surface area contributed by atoms with Crippen molar-refractivity contribution in [3.8, 4) is 0 Å². The molecule has 10 heteroatoms. The summed E-state index contributed by atoms with van der Waals surface area (Å²) in [6.07, 6.45) is 4.04. The fraction of sp³-hybridized carbons (Fsp3) is 0.647. The van der Waals surface area contributed by atoms with Crippen molar-refractivity contribution in [3.63, 3.8) is 0 Å². The molecule has 2 aromatic rings. The average molecular weight is 392 g/mol. The molecular formula is C17H24N6O3S. The predicted octanol–water partition coefficient (Wildman–Crippen LogP) is 0.765. The number of aliphatic hydroxyl groups is 1. The molecule has 4 heterocycles. The van der Waals surface area contributed by atoms with E-state index in [1.54, 1.807) is 17.8 Å². The van der Waals surface area contributed by atoms with Crippen LogP contribution in [-0.4, -0.2) is 67.9 Å². The van der Waals surface area contributed by atoms with Crippen LogP contribution >= 0.6 is 11.8 Å². The number of imidazole rings is 1. The van der Waals surface area contributed by atoms with Gasteiger partial charge >= 0.3 is 5.97 Å². The molecule has 2 fully saturated rings. The van der Waals surface area contributed by atoms with Crippen LogP contribution in [0.2, 0.25) is 0 Å². The van der Waals surface area contributed by atoms with E-state index in [0.717, 1.165) is 25.9 Å². The normalized spacial score (nSPS) is 25.9. The molecule has 3 N–H and O–H groups in total. The van der Waals surface area contributed by atoms with E-state index in [2.05, 4.69) is 19.9 Å². The number of hydrogen-bond acceptors (Lipinski definition) is 9. The minimum atomic E-state index is -1.25. The van der Waals surface area contributed by atoms with Crippen molar-refractivity contribution in [2.45, 2.75) is 37.8 Å². The number of piperidine rings is 1. The first-order chi connectivity index (χ1) is 13.1. The third kappa shape index (κ3) is 2.91. The van der Waals surface area contributed by atoms with Gasteiger partial charge in [-0.1, -0.05) is 0 Å². The molecule has 0 bridgehead atoms. The SMILES string of the molecule is CCOC(=O)C1(n2cnc3c(N4CCCCC4)nc(N)nc32)CSCC1O. The maximum atomic E-state index is 12.9. The highest BCUT2D eigenvalue weighted by Gasteiger charge is 2.53. The zero-order valence-electron chi connectivity index (χ0n) is 15.3. The third-order valence-corrected chi connectivity index (χ3v) is 6.45. The quantitative estimate of drug-likeness (QED) is 0.727. The second-order valence-electron chi connectivity index (χ2n) is 6.92. The van der Waals surface area contributed by atoms with Crippen molar-refractivity contribution in [2.24, 2.45) is 0 Å². The van der Waals surface area contributed by atoms with Crippen LogP contribution in [0.1, 0.15) is 26.2 Å². The number of carbonyl (C=O) groups excluding carboxylic acids is 1. The van der Waals surface area contributed by atoms with E-state index in [0.29, 0.717) is 28.5 Å². The van der Waals surface area contributed by atoms with Gasteiger partial charge in [0.15, 0.2) is 22.5 Å². The summed E-state index contributed by atoms with van der Waals surface area (Å²) in [4.78, 5) is 28.3. The van der Waals surface area contributed by atoms with Crippen LogP contribution in [0, 0.1) is 0 Å². The molecule has 2 aliphatic heterocycles. The van der Waals surface area contributed by atoms with Gasteiger partial charge in [0.2, 0.25) is 5.95 Å². The number of anilines is 2. The van der Waals surface area contributed by atoms with Crippen molar-refractivity contribution >= 4 is 40.7 Å². The number of ether oxygens (including phenoxy) is 1. The molecule has 0 saturated carbocycles. The molecule has 0 amide bonds. The van der Waals surface area contributed by atoms with Crippen LogP contribution in [0.25, 0.3) is 11.2 Å². The third-order valence-electron chi connectivity index (χ3n) is 5.26. The van der Waals surface area contributed by atoms with Gasteiger partial charge in [-0.15, -0.1) is 0 Å². The number of fused-ring (bicyclic) bond motifs is 1. The Hall–Kier alpha value is -2.07.